The molecule has 0 radical (unpaired) electrons. The molecule has 0 N–H and O–H groups in total. The summed E-state index contributed by atoms with van der Waals surface area (Å²) in [4.78, 5) is 0. The largest absolute Gasteiger partial charge is 0.198 e. The van der Waals surface area contributed by atoms with E-state index in [4.69, 9.17) is 5.26 Å². The van der Waals surface area contributed by atoms with Crippen LogP contribution in [-0.2, 0) is 0 Å². The highest BCUT2D eigenvalue weighted by molar-refractivity contribution is 5.31. The van der Waals surface area contributed by atoms with Crippen LogP contribution in [0.4, 0.5) is 0 Å². The lowest BCUT2D eigenvalue weighted by Crippen LogP contribution is -2.43. The van der Waals surface area contributed by atoms with Crippen LogP contribution in [0.25, 0.3) is 0 Å². The Labute approximate surface area is 122 Å². The van der Waals surface area contributed by atoms with Crippen molar-refractivity contribution in [2.24, 2.45) is 23.7 Å². The molecule has 4 bridgehead atoms. The Morgan fingerprint density at radius 3 is 2.00 bits per heavy atom. The summed E-state index contributed by atoms with van der Waals surface area (Å²) >= 11 is 0. The van der Waals surface area contributed by atoms with Gasteiger partial charge >= 0.3 is 0 Å². The van der Waals surface area contributed by atoms with Gasteiger partial charge in [-0.1, -0.05) is 24.3 Å². The lowest BCUT2D eigenvalue weighted by atomic mass is 9.51. The van der Waals surface area contributed by atoms with Crippen LogP contribution in [0.3, 0.4) is 0 Å². The Bertz CT molecular complexity index is 508. The maximum absolute atomic E-state index is 9.02. The van der Waals surface area contributed by atoms with E-state index in [9.17, 15) is 0 Å². The third-order valence-electron chi connectivity index (χ3n) is 6.24. The standard InChI is InChI=1S/C19H23N/c1-12(11-20)15-2-4-16(5-3-15)19-17-7-13-6-14(9-17)10-18(19)8-13/h2-5,12-14,17-19H,6-10H2,1H3. The molecule has 1 aromatic carbocycles. The van der Waals surface area contributed by atoms with Crippen LogP contribution in [0.1, 0.15) is 62.0 Å². The molecule has 4 aliphatic carbocycles. The van der Waals surface area contributed by atoms with Gasteiger partial charge in [-0.25, -0.2) is 0 Å². The van der Waals surface area contributed by atoms with Crippen molar-refractivity contribution in [2.75, 3.05) is 0 Å². The highest BCUT2D eigenvalue weighted by Gasteiger charge is 2.48. The number of nitriles is 1. The van der Waals surface area contributed by atoms with Crippen molar-refractivity contribution in [3.05, 3.63) is 35.4 Å². The Kier molecular flexibility index (Phi) is 2.88. The van der Waals surface area contributed by atoms with Gasteiger partial charge < -0.3 is 0 Å². The van der Waals surface area contributed by atoms with Crippen molar-refractivity contribution in [2.45, 2.75) is 50.9 Å². The van der Waals surface area contributed by atoms with Gasteiger partial charge in [-0.2, -0.15) is 5.26 Å². The minimum Gasteiger partial charge on any atom is -0.198 e. The fourth-order valence-electron chi connectivity index (χ4n) is 5.55. The molecule has 0 aromatic heterocycles. The molecule has 20 heavy (non-hydrogen) atoms. The van der Waals surface area contributed by atoms with Crippen molar-refractivity contribution in [1.82, 2.24) is 0 Å². The Morgan fingerprint density at radius 1 is 0.950 bits per heavy atom. The zero-order valence-electron chi connectivity index (χ0n) is 12.3. The summed E-state index contributed by atoms with van der Waals surface area (Å²) in [5.41, 5.74) is 2.72. The molecule has 104 valence electrons. The number of rotatable bonds is 2. The van der Waals surface area contributed by atoms with E-state index in [1.54, 1.807) is 5.56 Å². The maximum Gasteiger partial charge on any atom is 0.0700 e. The Hall–Kier alpha value is -1.29. The van der Waals surface area contributed by atoms with E-state index in [-0.39, 0.29) is 5.92 Å². The number of hydrogen-bond acceptors (Lipinski definition) is 1. The first-order valence-corrected chi connectivity index (χ1v) is 8.24. The van der Waals surface area contributed by atoms with Gasteiger partial charge in [0.05, 0.1) is 12.0 Å². The normalized spacial score (nSPS) is 39.5. The quantitative estimate of drug-likeness (QED) is 0.749. The molecule has 0 aliphatic heterocycles. The molecule has 5 rings (SSSR count). The van der Waals surface area contributed by atoms with E-state index < -0.39 is 0 Å². The molecule has 0 saturated heterocycles. The molecule has 0 amide bonds. The molecule has 4 saturated carbocycles. The molecule has 1 atom stereocenters. The van der Waals surface area contributed by atoms with Crippen LogP contribution in [0.2, 0.25) is 0 Å². The second kappa shape index (κ2) is 4.62. The highest BCUT2D eigenvalue weighted by atomic mass is 14.5. The highest BCUT2D eigenvalue weighted by Crippen LogP contribution is 2.59. The SMILES string of the molecule is CC(C#N)c1ccc(C2C3CC4CC(C3)CC2C4)cc1. The van der Waals surface area contributed by atoms with Gasteiger partial charge in [0.25, 0.3) is 0 Å². The van der Waals surface area contributed by atoms with Crippen LogP contribution in [-0.4, -0.2) is 0 Å². The van der Waals surface area contributed by atoms with Gasteiger partial charge in [-0.15, -0.1) is 0 Å². The summed E-state index contributed by atoms with van der Waals surface area (Å²) in [5, 5.41) is 9.02. The molecule has 4 fully saturated rings. The second-order valence-electron chi connectivity index (χ2n) is 7.47. The second-order valence-corrected chi connectivity index (χ2v) is 7.47. The predicted octanol–water partition coefficient (Wildman–Crippen LogP) is 4.85. The van der Waals surface area contributed by atoms with Crippen molar-refractivity contribution in [3.63, 3.8) is 0 Å². The molecule has 1 nitrogen and oxygen atoms in total. The molecule has 1 unspecified atom stereocenters. The first-order chi connectivity index (χ1) is 9.74. The summed E-state index contributed by atoms with van der Waals surface area (Å²) in [6, 6.07) is 11.3. The molecule has 0 spiro atoms. The van der Waals surface area contributed by atoms with Crippen LogP contribution >= 0.6 is 0 Å². The van der Waals surface area contributed by atoms with E-state index in [0.717, 1.165) is 29.6 Å². The number of benzene rings is 1. The number of nitrogens with zero attached hydrogens (tertiary/aromatic N) is 1. The van der Waals surface area contributed by atoms with Gasteiger partial charge in [0, 0.05) is 0 Å². The molecule has 0 heterocycles. The molecule has 1 aromatic rings. The fraction of sp³-hybridized carbons (Fsp3) is 0.632. The summed E-state index contributed by atoms with van der Waals surface area (Å²) in [7, 11) is 0. The van der Waals surface area contributed by atoms with Crippen molar-refractivity contribution in [3.8, 4) is 6.07 Å². The topological polar surface area (TPSA) is 23.8 Å². The van der Waals surface area contributed by atoms with E-state index in [0.29, 0.717) is 0 Å². The summed E-state index contributed by atoms with van der Waals surface area (Å²) in [5.74, 6) is 4.83. The van der Waals surface area contributed by atoms with Gasteiger partial charge in [0.2, 0.25) is 0 Å². The summed E-state index contributed by atoms with van der Waals surface area (Å²) in [6.45, 7) is 1.98. The molecule has 1 heteroatoms. The van der Waals surface area contributed by atoms with E-state index in [2.05, 4.69) is 30.3 Å². The first kappa shape index (κ1) is 12.5. The zero-order valence-corrected chi connectivity index (χ0v) is 12.3. The van der Waals surface area contributed by atoms with E-state index in [1.165, 1.54) is 37.7 Å². The minimum absolute atomic E-state index is 0.0162. The predicted molar refractivity (Wildman–Crippen MR) is 80.3 cm³/mol. The summed E-state index contributed by atoms with van der Waals surface area (Å²) < 4.78 is 0. The van der Waals surface area contributed by atoms with Crippen molar-refractivity contribution in [1.29, 1.82) is 5.26 Å². The van der Waals surface area contributed by atoms with Crippen molar-refractivity contribution >= 4 is 0 Å². The van der Waals surface area contributed by atoms with Gasteiger partial charge in [-0.3, -0.25) is 0 Å². The van der Waals surface area contributed by atoms with Crippen molar-refractivity contribution < 1.29 is 0 Å². The average Bonchev–Trinajstić information content (AvgIpc) is 2.46. The van der Waals surface area contributed by atoms with Crippen LogP contribution in [0.5, 0.6) is 0 Å². The lowest BCUT2D eigenvalue weighted by molar-refractivity contribution is -0.00278. The van der Waals surface area contributed by atoms with Crippen LogP contribution < -0.4 is 0 Å². The van der Waals surface area contributed by atoms with Crippen LogP contribution in [0.15, 0.2) is 24.3 Å². The zero-order chi connectivity index (χ0) is 13.7. The third kappa shape index (κ3) is 1.89. The Morgan fingerprint density at radius 2 is 1.50 bits per heavy atom. The number of hydrogen-bond donors (Lipinski definition) is 0. The molecular formula is C19H23N. The van der Waals surface area contributed by atoms with E-state index in [1.807, 2.05) is 6.92 Å². The minimum atomic E-state index is 0.0162. The monoisotopic (exact) mass is 265 g/mol. The smallest absolute Gasteiger partial charge is 0.0700 e. The third-order valence-corrected chi connectivity index (χ3v) is 6.24. The summed E-state index contributed by atoms with van der Waals surface area (Å²) in [6.07, 6.45) is 7.45. The Balaban J connectivity index is 1.60. The lowest BCUT2D eigenvalue weighted by Gasteiger charge is -2.54. The van der Waals surface area contributed by atoms with Gasteiger partial charge in [0.1, 0.15) is 0 Å². The van der Waals surface area contributed by atoms with E-state index >= 15 is 0 Å². The molecular weight excluding hydrogens is 242 g/mol. The molecule has 4 aliphatic rings. The average molecular weight is 265 g/mol. The van der Waals surface area contributed by atoms with Crippen LogP contribution in [0, 0.1) is 35.0 Å². The maximum atomic E-state index is 9.02. The first-order valence-electron chi connectivity index (χ1n) is 8.24. The van der Waals surface area contributed by atoms with Gasteiger partial charge in [0.15, 0.2) is 0 Å². The van der Waals surface area contributed by atoms with Gasteiger partial charge in [-0.05, 0) is 79.7 Å². The fourth-order valence-corrected chi connectivity index (χ4v) is 5.55.